The topological polar surface area (TPSA) is 101 Å². The van der Waals surface area contributed by atoms with E-state index in [9.17, 15) is 16.8 Å². The van der Waals surface area contributed by atoms with E-state index in [1.807, 2.05) is 6.92 Å². The van der Waals surface area contributed by atoms with Gasteiger partial charge < -0.3 is 0 Å². The second kappa shape index (κ2) is 7.84. The van der Waals surface area contributed by atoms with E-state index in [-0.39, 0.29) is 9.79 Å². The lowest BCUT2D eigenvalue weighted by atomic mass is 10.0. The lowest BCUT2D eigenvalue weighted by Crippen LogP contribution is -2.37. The Morgan fingerprint density at radius 2 is 1.71 bits per heavy atom. The molecule has 28 heavy (non-hydrogen) atoms. The number of sulfonamides is 2. The SMILES string of the molecule is CCn1cc(S(=O)(=O)Nc2ccc(S(=O)(=O)N3CCC(C)CC3)cc2)c(C)n1. The van der Waals surface area contributed by atoms with Crippen LogP contribution in [0.1, 0.15) is 32.4 Å². The average molecular weight is 427 g/mol. The molecular formula is C18H26N4O4S2. The minimum Gasteiger partial charge on any atom is -0.280 e. The van der Waals surface area contributed by atoms with E-state index in [4.69, 9.17) is 0 Å². The first-order valence-corrected chi connectivity index (χ1v) is 12.2. The highest BCUT2D eigenvalue weighted by atomic mass is 32.2. The van der Waals surface area contributed by atoms with E-state index in [2.05, 4.69) is 16.7 Å². The molecule has 0 radical (unpaired) electrons. The molecule has 8 nitrogen and oxygen atoms in total. The molecule has 1 aliphatic rings. The Labute approximate surface area is 166 Å². The van der Waals surface area contributed by atoms with Gasteiger partial charge in [0.15, 0.2) is 0 Å². The third-order valence-corrected chi connectivity index (χ3v) is 8.40. The van der Waals surface area contributed by atoms with Gasteiger partial charge in [-0.25, -0.2) is 16.8 Å². The van der Waals surface area contributed by atoms with E-state index >= 15 is 0 Å². The number of piperidine rings is 1. The minimum atomic E-state index is -3.80. The van der Waals surface area contributed by atoms with Gasteiger partial charge in [-0.05, 0) is 56.9 Å². The van der Waals surface area contributed by atoms with Gasteiger partial charge in [0, 0.05) is 31.5 Å². The molecule has 0 saturated carbocycles. The molecule has 10 heteroatoms. The Hall–Kier alpha value is -1.91. The molecule has 154 valence electrons. The molecule has 1 fully saturated rings. The summed E-state index contributed by atoms with van der Waals surface area (Å²) in [5.41, 5.74) is 0.711. The van der Waals surface area contributed by atoms with E-state index in [1.165, 1.54) is 34.8 Å². The largest absolute Gasteiger partial charge is 0.280 e. The van der Waals surface area contributed by atoms with Crippen LogP contribution in [0.5, 0.6) is 0 Å². The fourth-order valence-electron chi connectivity index (χ4n) is 3.20. The van der Waals surface area contributed by atoms with Crippen molar-refractivity contribution in [3.63, 3.8) is 0 Å². The van der Waals surface area contributed by atoms with Gasteiger partial charge in [-0.3, -0.25) is 9.40 Å². The summed E-state index contributed by atoms with van der Waals surface area (Å²) in [4.78, 5) is 0.272. The second-order valence-electron chi connectivity index (χ2n) is 7.15. The molecule has 0 unspecified atom stereocenters. The maximum Gasteiger partial charge on any atom is 0.265 e. The Morgan fingerprint density at radius 3 is 2.25 bits per heavy atom. The van der Waals surface area contributed by atoms with Crippen molar-refractivity contribution >= 4 is 25.7 Å². The van der Waals surface area contributed by atoms with Crippen LogP contribution < -0.4 is 4.72 Å². The van der Waals surface area contributed by atoms with Crippen LogP contribution in [0.25, 0.3) is 0 Å². The summed E-state index contributed by atoms with van der Waals surface area (Å²) in [6.45, 7) is 7.22. The van der Waals surface area contributed by atoms with Gasteiger partial charge in [-0.15, -0.1) is 0 Å². The van der Waals surface area contributed by atoms with Crippen molar-refractivity contribution in [1.82, 2.24) is 14.1 Å². The van der Waals surface area contributed by atoms with Crippen LogP contribution in [0, 0.1) is 12.8 Å². The molecule has 1 aromatic carbocycles. The number of benzene rings is 1. The number of hydrogen-bond donors (Lipinski definition) is 1. The van der Waals surface area contributed by atoms with Crippen LogP contribution >= 0.6 is 0 Å². The lowest BCUT2D eigenvalue weighted by Gasteiger charge is -2.29. The Morgan fingerprint density at radius 1 is 1.11 bits per heavy atom. The monoisotopic (exact) mass is 426 g/mol. The van der Waals surface area contributed by atoms with Crippen molar-refractivity contribution < 1.29 is 16.8 Å². The Kier molecular flexibility index (Phi) is 5.83. The summed E-state index contributed by atoms with van der Waals surface area (Å²) >= 11 is 0. The summed E-state index contributed by atoms with van der Waals surface area (Å²) in [7, 11) is -7.36. The standard InChI is InChI=1S/C18H26N4O4S2/c1-4-21-13-18(15(3)19-21)27(23,24)20-16-5-7-17(8-6-16)28(25,26)22-11-9-14(2)10-12-22/h5-8,13-14,20H,4,9-12H2,1-3H3. The molecule has 0 bridgehead atoms. The minimum absolute atomic E-state index is 0.105. The summed E-state index contributed by atoms with van der Waals surface area (Å²) < 4.78 is 56.3. The van der Waals surface area contributed by atoms with E-state index in [0.29, 0.717) is 36.9 Å². The smallest absolute Gasteiger partial charge is 0.265 e. The molecule has 1 aromatic heterocycles. The maximum absolute atomic E-state index is 12.8. The number of aryl methyl sites for hydroxylation is 2. The van der Waals surface area contributed by atoms with Crippen molar-refractivity contribution in [2.24, 2.45) is 5.92 Å². The summed E-state index contributed by atoms with van der Waals surface area (Å²) in [5, 5.41) is 4.15. The van der Waals surface area contributed by atoms with Crippen LogP contribution in [-0.4, -0.2) is 44.0 Å². The molecule has 0 atom stereocenters. The number of hydrogen-bond acceptors (Lipinski definition) is 5. The van der Waals surface area contributed by atoms with Crippen molar-refractivity contribution in [2.75, 3.05) is 17.8 Å². The highest BCUT2D eigenvalue weighted by Crippen LogP contribution is 2.25. The lowest BCUT2D eigenvalue weighted by molar-refractivity contribution is 0.288. The van der Waals surface area contributed by atoms with Gasteiger partial charge >= 0.3 is 0 Å². The Bertz CT molecular complexity index is 1040. The molecule has 1 saturated heterocycles. The molecule has 2 heterocycles. The van der Waals surface area contributed by atoms with Crippen molar-refractivity contribution in [1.29, 1.82) is 0 Å². The highest BCUT2D eigenvalue weighted by Gasteiger charge is 2.28. The summed E-state index contributed by atoms with van der Waals surface area (Å²) in [6.07, 6.45) is 3.18. The first-order valence-electron chi connectivity index (χ1n) is 9.30. The Balaban J connectivity index is 1.78. The molecule has 3 rings (SSSR count). The van der Waals surface area contributed by atoms with Gasteiger partial charge in [0.05, 0.1) is 10.6 Å². The van der Waals surface area contributed by atoms with Gasteiger partial charge in [-0.1, -0.05) is 6.92 Å². The van der Waals surface area contributed by atoms with Crippen molar-refractivity contribution in [3.8, 4) is 0 Å². The van der Waals surface area contributed by atoms with E-state index in [1.54, 1.807) is 11.6 Å². The summed E-state index contributed by atoms with van der Waals surface area (Å²) in [5.74, 6) is 0.531. The van der Waals surface area contributed by atoms with Crippen LogP contribution in [0.2, 0.25) is 0 Å². The van der Waals surface area contributed by atoms with Crippen LogP contribution in [0.15, 0.2) is 40.3 Å². The van der Waals surface area contributed by atoms with E-state index < -0.39 is 20.0 Å². The normalized spacial score (nSPS) is 17.0. The number of nitrogens with one attached hydrogen (secondary N) is 1. The number of anilines is 1. The fraction of sp³-hybridized carbons (Fsp3) is 0.500. The summed E-state index contributed by atoms with van der Waals surface area (Å²) in [6, 6.07) is 5.81. The van der Waals surface area contributed by atoms with E-state index in [0.717, 1.165) is 12.8 Å². The number of aromatic nitrogens is 2. The first-order chi connectivity index (χ1) is 13.1. The van der Waals surface area contributed by atoms with Crippen LogP contribution in [-0.2, 0) is 26.6 Å². The molecule has 0 amide bonds. The van der Waals surface area contributed by atoms with Gasteiger partial charge in [0.2, 0.25) is 10.0 Å². The second-order valence-corrected chi connectivity index (χ2v) is 10.7. The quantitative estimate of drug-likeness (QED) is 0.764. The first kappa shape index (κ1) is 20.8. The predicted molar refractivity (Wildman–Crippen MR) is 107 cm³/mol. The fourth-order valence-corrected chi connectivity index (χ4v) is 5.92. The van der Waals surface area contributed by atoms with Gasteiger partial charge in [0.1, 0.15) is 4.90 Å². The maximum atomic E-state index is 12.8. The molecular weight excluding hydrogens is 400 g/mol. The van der Waals surface area contributed by atoms with Crippen molar-refractivity contribution in [2.45, 2.75) is 49.9 Å². The third kappa shape index (κ3) is 4.23. The van der Waals surface area contributed by atoms with Crippen LogP contribution in [0.3, 0.4) is 0 Å². The van der Waals surface area contributed by atoms with Crippen molar-refractivity contribution in [3.05, 3.63) is 36.2 Å². The molecule has 0 spiro atoms. The van der Waals surface area contributed by atoms with Crippen LogP contribution in [0.4, 0.5) is 5.69 Å². The molecule has 0 aliphatic carbocycles. The molecule has 1 N–H and O–H groups in total. The van der Waals surface area contributed by atoms with Gasteiger partial charge in [0.25, 0.3) is 10.0 Å². The zero-order chi connectivity index (χ0) is 20.5. The van der Waals surface area contributed by atoms with Gasteiger partial charge in [-0.2, -0.15) is 9.40 Å². The zero-order valence-electron chi connectivity index (χ0n) is 16.3. The average Bonchev–Trinajstić information content (AvgIpc) is 3.04. The molecule has 1 aliphatic heterocycles. The molecule has 2 aromatic rings. The number of nitrogens with zero attached hydrogens (tertiary/aromatic N) is 3. The highest BCUT2D eigenvalue weighted by molar-refractivity contribution is 7.92. The zero-order valence-corrected chi connectivity index (χ0v) is 17.9. The number of rotatable bonds is 6. The third-order valence-electron chi connectivity index (χ3n) is 5.00. The predicted octanol–water partition coefficient (Wildman–Crippen LogP) is 2.43.